The first-order valence-electron chi connectivity index (χ1n) is 10.2. The van der Waals surface area contributed by atoms with Crippen molar-refractivity contribution in [3.05, 3.63) is 47.0 Å². The van der Waals surface area contributed by atoms with Gasteiger partial charge in [0.05, 0.1) is 0 Å². The molecule has 2 heteroatoms. The number of carbonyl (C=O) groups is 2. The molecule has 1 fully saturated rings. The van der Waals surface area contributed by atoms with Crippen LogP contribution in [0.25, 0.3) is 0 Å². The second kappa shape index (κ2) is 8.33. The van der Waals surface area contributed by atoms with E-state index in [1.54, 1.807) is 0 Å². The Kier molecular flexibility index (Phi) is 6.11. The lowest BCUT2D eigenvalue weighted by molar-refractivity contribution is -0.127. The Morgan fingerprint density at radius 3 is 2.50 bits per heavy atom. The SMILES string of the molecule is Cc1ccc(CC2=CC(C(=O)CC3CCC(C)C(C)C3)CC(=O)C2)cc1. The fourth-order valence-electron chi connectivity index (χ4n) is 4.55. The molecular formula is C24H32O2. The molecule has 2 aliphatic rings. The summed E-state index contributed by atoms with van der Waals surface area (Å²) in [4.78, 5) is 25.1. The van der Waals surface area contributed by atoms with E-state index in [1.807, 2.05) is 0 Å². The highest BCUT2D eigenvalue weighted by molar-refractivity contribution is 5.92. The fourth-order valence-corrected chi connectivity index (χ4v) is 4.55. The highest BCUT2D eigenvalue weighted by Gasteiger charge is 2.30. The molecule has 1 saturated carbocycles. The molecular weight excluding hydrogens is 320 g/mol. The summed E-state index contributed by atoms with van der Waals surface area (Å²) in [7, 11) is 0. The van der Waals surface area contributed by atoms with Crippen LogP contribution in [0.3, 0.4) is 0 Å². The standard InChI is InChI=1S/C24H32O2/c1-16-4-7-19(8-5-16)11-21-12-22(15-23(25)13-21)24(26)14-20-9-6-17(2)18(3)10-20/h4-5,7-8,12,17-18,20,22H,6,9-11,13-15H2,1-3H3. The molecule has 0 bridgehead atoms. The van der Waals surface area contributed by atoms with Crippen LogP contribution in [0.4, 0.5) is 0 Å². The lowest BCUT2D eigenvalue weighted by Gasteiger charge is -2.32. The van der Waals surface area contributed by atoms with Crippen LogP contribution in [0.5, 0.6) is 0 Å². The molecule has 0 spiro atoms. The van der Waals surface area contributed by atoms with Crippen LogP contribution in [-0.2, 0) is 16.0 Å². The molecule has 140 valence electrons. The molecule has 3 rings (SSSR count). The summed E-state index contributed by atoms with van der Waals surface area (Å²) in [5, 5.41) is 0. The van der Waals surface area contributed by atoms with E-state index in [-0.39, 0.29) is 17.5 Å². The summed E-state index contributed by atoms with van der Waals surface area (Å²) in [6, 6.07) is 8.45. The summed E-state index contributed by atoms with van der Waals surface area (Å²) < 4.78 is 0. The van der Waals surface area contributed by atoms with E-state index in [4.69, 9.17) is 0 Å². The molecule has 4 atom stereocenters. The minimum atomic E-state index is -0.189. The predicted octanol–water partition coefficient (Wildman–Crippen LogP) is 5.47. The number of hydrogen-bond donors (Lipinski definition) is 0. The third-order valence-corrected chi connectivity index (χ3v) is 6.47. The Bertz CT molecular complexity index is 683. The summed E-state index contributed by atoms with van der Waals surface area (Å²) >= 11 is 0. The van der Waals surface area contributed by atoms with Crippen molar-refractivity contribution in [2.45, 2.75) is 65.7 Å². The minimum Gasteiger partial charge on any atom is -0.299 e. The summed E-state index contributed by atoms with van der Waals surface area (Å²) in [5.74, 6) is 2.32. The number of Topliss-reactive ketones (excluding diaryl/α,β-unsaturated/α-hetero) is 2. The normalized spacial score (nSPS) is 29.3. The van der Waals surface area contributed by atoms with Gasteiger partial charge in [0, 0.05) is 25.2 Å². The highest BCUT2D eigenvalue weighted by Crippen LogP contribution is 2.36. The van der Waals surface area contributed by atoms with Gasteiger partial charge >= 0.3 is 0 Å². The van der Waals surface area contributed by atoms with Crippen LogP contribution >= 0.6 is 0 Å². The third-order valence-electron chi connectivity index (χ3n) is 6.47. The van der Waals surface area contributed by atoms with Gasteiger partial charge in [0.15, 0.2) is 0 Å². The van der Waals surface area contributed by atoms with Crippen molar-refractivity contribution in [3.8, 4) is 0 Å². The van der Waals surface area contributed by atoms with Crippen LogP contribution < -0.4 is 0 Å². The van der Waals surface area contributed by atoms with E-state index < -0.39 is 0 Å². The number of ketones is 2. The number of carbonyl (C=O) groups excluding carboxylic acids is 2. The maximum atomic E-state index is 12.8. The molecule has 0 amide bonds. The third kappa shape index (κ3) is 4.93. The van der Waals surface area contributed by atoms with E-state index in [1.165, 1.54) is 17.5 Å². The Morgan fingerprint density at radius 1 is 1.08 bits per heavy atom. The average molecular weight is 353 g/mol. The average Bonchev–Trinajstić information content (AvgIpc) is 2.60. The number of rotatable bonds is 5. The molecule has 0 N–H and O–H groups in total. The lowest BCUT2D eigenvalue weighted by atomic mass is 9.73. The van der Waals surface area contributed by atoms with Gasteiger partial charge in [-0.15, -0.1) is 0 Å². The first kappa shape index (κ1) is 19.1. The van der Waals surface area contributed by atoms with Crippen LogP contribution in [-0.4, -0.2) is 11.6 Å². The number of benzene rings is 1. The van der Waals surface area contributed by atoms with Crippen molar-refractivity contribution >= 4 is 11.6 Å². The van der Waals surface area contributed by atoms with Gasteiger partial charge < -0.3 is 0 Å². The van der Waals surface area contributed by atoms with Crippen molar-refractivity contribution in [2.75, 3.05) is 0 Å². The molecule has 1 aromatic rings. The molecule has 1 aromatic carbocycles. The Labute approximate surface area is 158 Å². The van der Waals surface area contributed by atoms with Gasteiger partial charge in [0.2, 0.25) is 0 Å². The molecule has 0 heterocycles. The fraction of sp³-hybridized carbons (Fsp3) is 0.583. The van der Waals surface area contributed by atoms with Gasteiger partial charge in [0.25, 0.3) is 0 Å². The van der Waals surface area contributed by atoms with Gasteiger partial charge in [-0.3, -0.25) is 9.59 Å². The monoisotopic (exact) mass is 352 g/mol. The summed E-state index contributed by atoms with van der Waals surface area (Å²) in [5.41, 5.74) is 3.58. The molecule has 2 nitrogen and oxygen atoms in total. The van der Waals surface area contributed by atoms with Crippen molar-refractivity contribution in [1.82, 2.24) is 0 Å². The largest absolute Gasteiger partial charge is 0.299 e. The van der Waals surface area contributed by atoms with Crippen LogP contribution in [0.15, 0.2) is 35.9 Å². The maximum absolute atomic E-state index is 12.8. The zero-order chi connectivity index (χ0) is 18.7. The van der Waals surface area contributed by atoms with Gasteiger partial charge in [0.1, 0.15) is 11.6 Å². The summed E-state index contributed by atoms with van der Waals surface area (Å²) in [6.07, 6.45) is 8.03. The molecule has 0 aromatic heterocycles. The van der Waals surface area contributed by atoms with Crippen LogP contribution in [0, 0.1) is 30.6 Å². The Hall–Kier alpha value is -1.70. The zero-order valence-electron chi connectivity index (χ0n) is 16.5. The van der Waals surface area contributed by atoms with Crippen molar-refractivity contribution in [1.29, 1.82) is 0 Å². The Balaban J connectivity index is 1.63. The van der Waals surface area contributed by atoms with Gasteiger partial charge in [-0.25, -0.2) is 0 Å². The molecule has 0 radical (unpaired) electrons. The minimum absolute atomic E-state index is 0.189. The zero-order valence-corrected chi connectivity index (χ0v) is 16.5. The van der Waals surface area contributed by atoms with Crippen molar-refractivity contribution in [2.24, 2.45) is 23.7 Å². The topological polar surface area (TPSA) is 34.1 Å². The number of allylic oxidation sites excluding steroid dienone is 2. The van der Waals surface area contributed by atoms with Crippen molar-refractivity contribution < 1.29 is 9.59 Å². The lowest BCUT2D eigenvalue weighted by Crippen LogP contribution is -2.27. The van der Waals surface area contributed by atoms with Gasteiger partial charge in [-0.1, -0.05) is 61.7 Å². The molecule has 2 aliphatic carbocycles. The molecule has 0 saturated heterocycles. The molecule has 0 aliphatic heterocycles. The number of aryl methyl sites for hydroxylation is 1. The molecule has 26 heavy (non-hydrogen) atoms. The van der Waals surface area contributed by atoms with E-state index in [0.717, 1.165) is 30.8 Å². The second-order valence-corrected chi connectivity index (χ2v) is 8.82. The van der Waals surface area contributed by atoms with E-state index >= 15 is 0 Å². The smallest absolute Gasteiger partial charge is 0.140 e. The Morgan fingerprint density at radius 2 is 1.81 bits per heavy atom. The van der Waals surface area contributed by atoms with Crippen molar-refractivity contribution in [3.63, 3.8) is 0 Å². The van der Waals surface area contributed by atoms with Crippen LogP contribution in [0.2, 0.25) is 0 Å². The highest BCUT2D eigenvalue weighted by atomic mass is 16.1. The van der Waals surface area contributed by atoms with E-state index in [0.29, 0.717) is 31.1 Å². The maximum Gasteiger partial charge on any atom is 0.140 e. The van der Waals surface area contributed by atoms with Gasteiger partial charge in [-0.2, -0.15) is 0 Å². The van der Waals surface area contributed by atoms with E-state index in [2.05, 4.69) is 51.1 Å². The first-order valence-corrected chi connectivity index (χ1v) is 10.2. The van der Waals surface area contributed by atoms with Gasteiger partial charge in [-0.05, 0) is 49.5 Å². The van der Waals surface area contributed by atoms with E-state index in [9.17, 15) is 9.59 Å². The number of hydrogen-bond acceptors (Lipinski definition) is 2. The predicted molar refractivity (Wildman–Crippen MR) is 106 cm³/mol. The summed E-state index contributed by atoms with van der Waals surface area (Å²) in [6.45, 7) is 6.71. The quantitative estimate of drug-likeness (QED) is 0.658. The first-order chi connectivity index (χ1) is 12.4. The second-order valence-electron chi connectivity index (χ2n) is 8.82. The van der Waals surface area contributed by atoms with Crippen LogP contribution in [0.1, 0.15) is 63.5 Å². The molecule has 4 unspecified atom stereocenters.